The van der Waals surface area contributed by atoms with Crippen LogP contribution in [0.15, 0.2) is 30.1 Å². The standard InChI is InChI=1S/C9H14N2.C4H8N4O2S/c1-9(2,3)6-8-7-10-4-5-11-8;1-2-7-11(9,10)4-5-3-6-8-4/h4-5,7H,6H2,1-3H3;3,7H,2H2,1H3,(H,5,6,8). The minimum Gasteiger partial charge on any atom is -0.261 e. The molecule has 0 spiro atoms. The lowest BCUT2D eigenvalue weighted by molar-refractivity contribution is 0.405. The average Bonchev–Trinajstić information content (AvgIpc) is 2.93. The average molecular weight is 326 g/mol. The molecule has 0 aliphatic rings. The van der Waals surface area contributed by atoms with Crippen LogP contribution in [0.25, 0.3) is 0 Å². The summed E-state index contributed by atoms with van der Waals surface area (Å²) < 4.78 is 24.4. The molecule has 0 aliphatic heterocycles. The second-order valence-corrected chi connectivity index (χ2v) is 7.41. The van der Waals surface area contributed by atoms with Crippen LogP contribution in [0.5, 0.6) is 0 Å². The minimum atomic E-state index is -3.45. The molecule has 0 bridgehead atoms. The monoisotopic (exact) mass is 326 g/mol. The summed E-state index contributed by atoms with van der Waals surface area (Å²) in [6.45, 7) is 8.61. The number of nitrogens with zero attached hydrogens (tertiary/aromatic N) is 4. The topological polar surface area (TPSA) is 114 Å². The second-order valence-electron chi connectivity index (χ2n) is 5.73. The fourth-order valence-corrected chi connectivity index (χ4v) is 2.42. The zero-order valence-corrected chi connectivity index (χ0v) is 14.1. The SMILES string of the molecule is CC(C)(C)Cc1cnccn1.CCNS(=O)(=O)c1ncn[nH]1. The number of sulfonamides is 1. The van der Waals surface area contributed by atoms with Gasteiger partial charge in [0, 0.05) is 25.1 Å². The summed E-state index contributed by atoms with van der Waals surface area (Å²) in [5.41, 5.74) is 1.37. The fourth-order valence-electron chi connectivity index (χ4n) is 1.55. The van der Waals surface area contributed by atoms with Crippen molar-refractivity contribution < 1.29 is 8.42 Å². The van der Waals surface area contributed by atoms with Gasteiger partial charge in [-0.2, -0.15) is 5.10 Å². The Bertz CT molecular complexity index is 635. The number of hydrogen-bond donors (Lipinski definition) is 2. The van der Waals surface area contributed by atoms with Crippen molar-refractivity contribution in [1.82, 2.24) is 29.9 Å². The van der Waals surface area contributed by atoms with E-state index in [-0.39, 0.29) is 5.16 Å². The predicted octanol–water partition coefficient (Wildman–Crippen LogP) is 1.17. The molecule has 0 saturated heterocycles. The van der Waals surface area contributed by atoms with Crippen molar-refractivity contribution in [1.29, 1.82) is 0 Å². The first-order chi connectivity index (χ1) is 10.2. The predicted molar refractivity (Wildman–Crippen MR) is 82.4 cm³/mol. The van der Waals surface area contributed by atoms with Crippen molar-refractivity contribution >= 4 is 10.0 Å². The molecule has 2 N–H and O–H groups in total. The third-order valence-corrected chi connectivity index (χ3v) is 3.68. The van der Waals surface area contributed by atoms with Crippen molar-refractivity contribution in [3.05, 3.63) is 30.6 Å². The van der Waals surface area contributed by atoms with Crippen LogP contribution in [0.3, 0.4) is 0 Å². The Balaban J connectivity index is 0.000000220. The lowest BCUT2D eigenvalue weighted by Gasteiger charge is -2.16. The number of aromatic amines is 1. The van der Waals surface area contributed by atoms with Crippen LogP contribution in [0.4, 0.5) is 0 Å². The van der Waals surface area contributed by atoms with Crippen molar-refractivity contribution in [2.45, 2.75) is 39.3 Å². The summed E-state index contributed by atoms with van der Waals surface area (Å²) in [7, 11) is -3.45. The van der Waals surface area contributed by atoms with Gasteiger partial charge in [-0.3, -0.25) is 9.97 Å². The summed E-state index contributed by atoms with van der Waals surface area (Å²) in [6.07, 6.45) is 7.39. The highest BCUT2D eigenvalue weighted by atomic mass is 32.2. The molecular weight excluding hydrogens is 304 g/mol. The van der Waals surface area contributed by atoms with Gasteiger partial charge in [0.05, 0.1) is 5.69 Å². The largest absolute Gasteiger partial charge is 0.275 e. The van der Waals surface area contributed by atoms with Crippen LogP contribution in [0, 0.1) is 5.41 Å². The molecule has 2 rings (SSSR count). The maximum Gasteiger partial charge on any atom is 0.275 e. The maximum absolute atomic E-state index is 11.0. The van der Waals surface area contributed by atoms with Gasteiger partial charge in [-0.15, -0.1) is 0 Å². The summed E-state index contributed by atoms with van der Waals surface area (Å²) in [5.74, 6) is 0. The molecule has 2 heterocycles. The van der Waals surface area contributed by atoms with E-state index in [4.69, 9.17) is 0 Å². The number of hydrogen-bond acceptors (Lipinski definition) is 6. The van der Waals surface area contributed by atoms with Gasteiger partial charge in [-0.25, -0.2) is 23.2 Å². The van der Waals surface area contributed by atoms with E-state index < -0.39 is 10.0 Å². The van der Waals surface area contributed by atoms with Gasteiger partial charge in [0.2, 0.25) is 0 Å². The van der Waals surface area contributed by atoms with Gasteiger partial charge in [0.25, 0.3) is 15.2 Å². The quantitative estimate of drug-likeness (QED) is 0.872. The van der Waals surface area contributed by atoms with Gasteiger partial charge < -0.3 is 0 Å². The molecule has 0 saturated carbocycles. The lowest BCUT2D eigenvalue weighted by atomic mass is 9.91. The molecular formula is C13H22N6O2S. The van der Waals surface area contributed by atoms with Crippen LogP contribution < -0.4 is 4.72 Å². The number of rotatable bonds is 4. The molecule has 0 amide bonds. The molecule has 0 fully saturated rings. The van der Waals surface area contributed by atoms with Gasteiger partial charge in [-0.1, -0.05) is 27.7 Å². The van der Waals surface area contributed by atoms with Crippen LogP contribution in [0.2, 0.25) is 0 Å². The van der Waals surface area contributed by atoms with Crippen molar-refractivity contribution in [3.8, 4) is 0 Å². The fraction of sp³-hybridized carbons (Fsp3) is 0.538. The first-order valence-corrected chi connectivity index (χ1v) is 8.33. The Morgan fingerprint density at radius 2 is 1.95 bits per heavy atom. The Morgan fingerprint density at radius 3 is 2.41 bits per heavy atom. The third-order valence-electron chi connectivity index (χ3n) is 2.31. The minimum absolute atomic E-state index is 0.153. The molecule has 22 heavy (non-hydrogen) atoms. The lowest BCUT2D eigenvalue weighted by Crippen LogP contribution is -2.24. The summed E-state index contributed by atoms with van der Waals surface area (Å²) in [5, 5.41) is 5.51. The molecule has 0 aromatic carbocycles. The third kappa shape index (κ3) is 6.72. The van der Waals surface area contributed by atoms with E-state index in [1.165, 1.54) is 0 Å². The van der Waals surface area contributed by atoms with Crippen LogP contribution in [0.1, 0.15) is 33.4 Å². The van der Waals surface area contributed by atoms with E-state index in [0.717, 1.165) is 18.4 Å². The Morgan fingerprint density at radius 1 is 1.23 bits per heavy atom. The Hall–Kier alpha value is -1.87. The van der Waals surface area contributed by atoms with E-state index in [1.54, 1.807) is 19.3 Å². The van der Waals surface area contributed by atoms with Crippen LogP contribution >= 0.6 is 0 Å². The number of aromatic nitrogens is 5. The van der Waals surface area contributed by atoms with E-state index in [9.17, 15) is 8.42 Å². The van der Waals surface area contributed by atoms with Crippen molar-refractivity contribution in [3.63, 3.8) is 0 Å². The maximum atomic E-state index is 11.0. The molecule has 0 radical (unpaired) electrons. The highest BCUT2D eigenvalue weighted by Crippen LogP contribution is 2.18. The normalized spacial score (nSPS) is 11.6. The highest BCUT2D eigenvalue weighted by Gasteiger charge is 2.14. The Kier molecular flexibility index (Phi) is 6.57. The van der Waals surface area contributed by atoms with Gasteiger partial charge in [0.15, 0.2) is 0 Å². The summed E-state index contributed by atoms with van der Waals surface area (Å²) >= 11 is 0. The second kappa shape index (κ2) is 7.95. The van der Waals surface area contributed by atoms with Gasteiger partial charge in [-0.05, 0) is 11.8 Å². The van der Waals surface area contributed by atoms with Crippen LogP contribution in [-0.2, 0) is 16.4 Å². The molecule has 9 heteroatoms. The van der Waals surface area contributed by atoms with E-state index in [0.29, 0.717) is 12.0 Å². The number of nitrogens with one attached hydrogen (secondary N) is 2. The molecule has 0 unspecified atom stereocenters. The molecule has 0 atom stereocenters. The molecule has 122 valence electrons. The molecule has 8 nitrogen and oxygen atoms in total. The smallest absolute Gasteiger partial charge is 0.261 e. The summed E-state index contributed by atoms with van der Waals surface area (Å²) in [6, 6.07) is 0. The first kappa shape index (κ1) is 18.2. The zero-order valence-electron chi connectivity index (χ0n) is 13.2. The highest BCUT2D eigenvalue weighted by molar-refractivity contribution is 7.89. The molecule has 2 aromatic rings. The van der Waals surface area contributed by atoms with Crippen LogP contribution in [-0.4, -0.2) is 40.1 Å². The van der Waals surface area contributed by atoms with E-state index in [2.05, 4.69) is 50.6 Å². The summed E-state index contributed by atoms with van der Waals surface area (Å²) in [4.78, 5) is 11.7. The zero-order chi connectivity index (χ0) is 16.6. The van der Waals surface area contributed by atoms with E-state index in [1.807, 2.05) is 6.20 Å². The molecule has 0 aliphatic carbocycles. The van der Waals surface area contributed by atoms with Gasteiger partial charge in [0.1, 0.15) is 6.33 Å². The van der Waals surface area contributed by atoms with Gasteiger partial charge >= 0.3 is 0 Å². The van der Waals surface area contributed by atoms with E-state index >= 15 is 0 Å². The van der Waals surface area contributed by atoms with Crippen molar-refractivity contribution in [2.24, 2.45) is 5.41 Å². The molecule has 2 aromatic heterocycles. The Labute approximate surface area is 130 Å². The first-order valence-electron chi connectivity index (χ1n) is 6.84. The number of H-pyrrole nitrogens is 1. The van der Waals surface area contributed by atoms with Crippen molar-refractivity contribution in [2.75, 3.05) is 6.54 Å².